The van der Waals surface area contributed by atoms with E-state index in [4.69, 9.17) is 37.9 Å². The average Bonchev–Trinajstić information content (AvgIpc) is 3.95. The zero-order valence-electron chi connectivity index (χ0n) is 29.9. The van der Waals surface area contributed by atoms with Crippen LogP contribution in [-0.2, 0) is 37.9 Å². The van der Waals surface area contributed by atoms with E-state index in [1.807, 2.05) is 27.7 Å². The molecule has 0 bridgehead atoms. The van der Waals surface area contributed by atoms with E-state index in [2.05, 4.69) is 57.0 Å². The Kier molecular flexibility index (Phi) is 9.66. The summed E-state index contributed by atoms with van der Waals surface area (Å²) in [7, 11) is 8.47. The van der Waals surface area contributed by atoms with Crippen LogP contribution >= 0.6 is 43.2 Å². The Balaban J connectivity index is 0.745. The molecule has 12 heteroatoms. The van der Waals surface area contributed by atoms with Gasteiger partial charge in [-0.1, -0.05) is 43.2 Å². The van der Waals surface area contributed by atoms with Crippen LogP contribution in [0, 0.1) is 0 Å². The molecular formula is C36H58O8S4. The molecule has 8 aliphatic rings. The molecule has 4 saturated carbocycles. The van der Waals surface area contributed by atoms with Crippen LogP contribution in [-0.4, -0.2) is 93.0 Å². The van der Waals surface area contributed by atoms with E-state index >= 15 is 0 Å². The van der Waals surface area contributed by atoms with Crippen LogP contribution in [0.1, 0.15) is 131 Å². The first kappa shape index (κ1) is 36.1. The third-order valence-corrected chi connectivity index (χ3v) is 20.2. The minimum atomic E-state index is -0.581. The van der Waals surface area contributed by atoms with Crippen molar-refractivity contribution >= 4 is 43.2 Å². The normalized spacial score (nSPS) is 41.9. The highest BCUT2D eigenvalue weighted by Crippen LogP contribution is 2.67. The zero-order valence-corrected chi connectivity index (χ0v) is 33.2. The lowest BCUT2D eigenvalue weighted by atomic mass is 10.1. The van der Waals surface area contributed by atoms with Crippen molar-refractivity contribution in [3.8, 4) is 0 Å². The van der Waals surface area contributed by atoms with Crippen molar-refractivity contribution in [2.75, 3.05) is 26.4 Å². The Labute approximate surface area is 304 Å². The monoisotopic (exact) mass is 746 g/mol. The number of rotatable bonds is 17. The van der Waals surface area contributed by atoms with E-state index in [1.54, 1.807) is 0 Å². The van der Waals surface area contributed by atoms with Gasteiger partial charge in [-0.05, 0) is 119 Å². The van der Waals surface area contributed by atoms with Gasteiger partial charge in [0.05, 0.1) is 50.8 Å². The van der Waals surface area contributed by atoms with Gasteiger partial charge in [0.15, 0.2) is 23.1 Å². The van der Waals surface area contributed by atoms with Crippen molar-refractivity contribution in [2.45, 2.75) is 198 Å². The summed E-state index contributed by atoms with van der Waals surface area (Å²) in [4.78, 5) is 0. The molecule has 48 heavy (non-hydrogen) atoms. The van der Waals surface area contributed by atoms with Crippen LogP contribution in [0.15, 0.2) is 0 Å². The van der Waals surface area contributed by atoms with Crippen LogP contribution in [0.4, 0.5) is 0 Å². The Morgan fingerprint density at radius 3 is 0.917 bits per heavy atom. The SMILES string of the molecule is CC1(C)OCC(CC2(SSC3(CC4COC(C)(CCC5(C)OCC(CC6(SSC7(CC8COC(C)(C)O8)CC7)CC6)O5)O4)CC3)CC2)O1. The fraction of sp³-hybridized carbons (Fsp3) is 1.00. The van der Waals surface area contributed by atoms with Gasteiger partial charge in [0.25, 0.3) is 0 Å². The summed E-state index contributed by atoms with van der Waals surface area (Å²) in [6.07, 6.45) is 16.9. The predicted octanol–water partition coefficient (Wildman–Crippen LogP) is 8.79. The molecule has 0 aromatic heterocycles. The lowest BCUT2D eigenvalue weighted by Gasteiger charge is -2.30. The first-order chi connectivity index (χ1) is 22.6. The summed E-state index contributed by atoms with van der Waals surface area (Å²) >= 11 is 0. The van der Waals surface area contributed by atoms with Gasteiger partial charge in [0, 0.05) is 31.8 Å². The number of hydrogen-bond donors (Lipinski definition) is 0. The van der Waals surface area contributed by atoms with Crippen LogP contribution in [0.2, 0.25) is 0 Å². The molecule has 8 rings (SSSR count). The van der Waals surface area contributed by atoms with Crippen LogP contribution in [0.3, 0.4) is 0 Å². The third-order valence-electron chi connectivity index (χ3n) is 11.6. The maximum atomic E-state index is 6.64. The molecule has 0 radical (unpaired) electrons. The topological polar surface area (TPSA) is 73.8 Å². The Bertz CT molecular complexity index is 1100. The molecule has 4 heterocycles. The second-order valence-corrected chi connectivity index (χ2v) is 23.8. The van der Waals surface area contributed by atoms with Gasteiger partial charge in [0.2, 0.25) is 0 Å². The van der Waals surface area contributed by atoms with Gasteiger partial charge in [0.1, 0.15) is 0 Å². The molecule has 6 unspecified atom stereocenters. The largest absolute Gasteiger partial charge is 0.348 e. The van der Waals surface area contributed by atoms with E-state index < -0.39 is 23.1 Å². The maximum Gasteiger partial charge on any atom is 0.166 e. The van der Waals surface area contributed by atoms with Crippen molar-refractivity contribution in [3.05, 3.63) is 0 Å². The standard InChI is InChI=1S/C36H58O8S4/c1-29(2)37-21-25(41-29)17-33(9-10-33)45-47-35(13-14-35)19-27-23-39-31(5,43-27)7-8-32(6)40-24-28(44-32)20-36(15-16-36)48-46-34(11-12-34)18-26-22-38-30(3,4)42-26/h25-28H,7-24H2,1-6H3. The lowest BCUT2D eigenvalue weighted by Crippen LogP contribution is -2.34. The highest BCUT2D eigenvalue weighted by Gasteiger charge is 2.56. The smallest absolute Gasteiger partial charge is 0.166 e. The Morgan fingerprint density at radius 2 is 0.667 bits per heavy atom. The predicted molar refractivity (Wildman–Crippen MR) is 194 cm³/mol. The summed E-state index contributed by atoms with van der Waals surface area (Å²) in [6.45, 7) is 15.1. The molecule has 274 valence electrons. The van der Waals surface area contributed by atoms with Gasteiger partial charge in [-0.3, -0.25) is 0 Å². The van der Waals surface area contributed by atoms with Gasteiger partial charge < -0.3 is 37.9 Å². The van der Waals surface area contributed by atoms with Gasteiger partial charge >= 0.3 is 0 Å². The molecule has 0 spiro atoms. The molecule has 4 aliphatic heterocycles. The summed E-state index contributed by atoms with van der Waals surface area (Å²) in [5.41, 5.74) is 0. The molecule has 8 fully saturated rings. The van der Waals surface area contributed by atoms with Crippen molar-refractivity contribution in [2.24, 2.45) is 0 Å². The zero-order chi connectivity index (χ0) is 33.5. The fourth-order valence-electron chi connectivity index (χ4n) is 7.88. The molecule has 0 N–H and O–H groups in total. The van der Waals surface area contributed by atoms with E-state index in [0.29, 0.717) is 32.2 Å². The molecule has 4 saturated heterocycles. The third kappa shape index (κ3) is 8.88. The summed E-state index contributed by atoms with van der Waals surface area (Å²) in [5.74, 6) is -2.03. The molecular weight excluding hydrogens is 689 g/mol. The van der Waals surface area contributed by atoms with Crippen molar-refractivity contribution in [3.63, 3.8) is 0 Å². The summed E-state index contributed by atoms with van der Waals surface area (Å²) < 4.78 is 51.3. The van der Waals surface area contributed by atoms with Crippen LogP contribution in [0.25, 0.3) is 0 Å². The molecule has 0 aromatic carbocycles. The fourth-order valence-corrected chi connectivity index (χ4v) is 15.6. The van der Waals surface area contributed by atoms with E-state index in [1.165, 1.54) is 51.4 Å². The highest BCUT2D eigenvalue weighted by atomic mass is 33.1. The van der Waals surface area contributed by atoms with Gasteiger partial charge in [-0.2, -0.15) is 0 Å². The van der Waals surface area contributed by atoms with Gasteiger partial charge in [-0.15, -0.1) is 0 Å². The molecule has 4 aliphatic carbocycles. The minimum Gasteiger partial charge on any atom is -0.348 e. The first-order valence-corrected chi connectivity index (χ1v) is 22.9. The quantitative estimate of drug-likeness (QED) is 0.134. The minimum absolute atomic E-state index is 0.150. The molecule has 8 nitrogen and oxygen atoms in total. The Hall–Kier alpha value is 1.08. The molecule has 6 atom stereocenters. The van der Waals surface area contributed by atoms with E-state index in [9.17, 15) is 0 Å². The van der Waals surface area contributed by atoms with Crippen molar-refractivity contribution < 1.29 is 37.9 Å². The number of hydrogen-bond acceptors (Lipinski definition) is 12. The van der Waals surface area contributed by atoms with E-state index in [0.717, 1.165) is 51.7 Å². The molecule has 0 amide bonds. The first-order valence-electron chi connectivity index (χ1n) is 18.6. The second kappa shape index (κ2) is 12.8. The van der Waals surface area contributed by atoms with E-state index in [-0.39, 0.29) is 24.4 Å². The highest BCUT2D eigenvalue weighted by molar-refractivity contribution is 8.78. The van der Waals surface area contributed by atoms with Crippen LogP contribution < -0.4 is 0 Å². The lowest BCUT2D eigenvalue weighted by molar-refractivity contribution is -0.200. The Morgan fingerprint density at radius 1 is 0.396 bits per heavy atom. The average molecular weight is 747 g/mol. The summed E-state index contributed by atoms with van der Waals surface area (Å²) in [6, 6.07) is 0. The second-order valence-electron chi connectivity index (χ2n) is 17.7. The number of ether oxygens (including phenoxy) is 8. The van der Waals surface area contributed by atoms with Crippen molar-refractivity contribution in [1.82, 2.24) is 0 Å². The van der Waals surface area contributed by atoms with Crippen LogP contribution in [0.5, 0.6) is 0 Å². The maximum absolute atomic E-state index is 6.64. The van der Waals surface area contributed by atoms with Gasteiger partial charge in [-0.25, -0.2) is 0 Å². The van der Waals surface area contributed by atoms with Crippen molar-refractivity contribution in [1.29, 1.82) is 0 Å². The summed E-state index contributed by atoms with van der Waals surface area (Å²) in [5, 5.41) is 0. The molecule has 0 aromatic rings.